The quantitative estimate of drug-likeness (QED) is 0.525. The second-order valence-corrected chi connectivity index (χ2v) is 9.09. The van der Waals surface area contributed by atoms with Crippen LogP contribution < -0.4 is 14.8 Å². The molecule has 174 valence electrons. The molecule has 3 aliphatic rings. The van der Waals surface area contributed by atoms with Gasteiger partial charge >= 0.3 is 0 Å². The lowest BCUT2D eigenvalue weighted by Gasteiger charge is -2.52. The Morgan fingerprint density at radius 1 is 1.15 bits per heavy atom. The summed E-state index contributed by atoms with van der Waals surface area (Å²) in [5.41, 5.74) is 0.761. The van der Waals surface area contributed by atoms with Crippen LogP contribution in [0, 0.1) is 16.0 Å². The number of benzene rings is 2. The van der Waals surface area contributed by atoms with Gasteiger partial charge in [-0.05, 0) is 49.1 Å². The van der Waals surface area contributed by atoms with Gasteiger partial charge in [0.1, 0.15) is 0 Å². The van der Waals surface area contributed by atoms with Crippen molar-refractivity contribution < 1.29 is 24.3 Å². The molecule has 2 N–H and O–H groups in total. The number of nitrogens with zero attached hydrogens (tertiary/aromatic N) is 2. The Morgan fingerprint density at radius 3 is 2.73 bits per heavy atom. The first kappa shape index (κ1) is 21.7. The molecule has 0 bridgehead atoms. The highest BCUT2D eigenvalue weighted by molar-refractivity contribution is 5.92. The van der Waals surface area contributed by atoms with E-state index in [9.17, 15) is 20.0 Å². The fraction of sp³-hybridized carbons (Fsp3) is 0.458. The maximum atomic E-state index is 12.9. The number of carbonyl (C=O) groups is 1. The molecule has 2 aromatic carbocycles. The third-order valence-corrected chi connectivity index (χ3v) is 7.12. The van der Waals surface area contributed by atoms with Crippen LogP contribution in [-0.4, -0.2) is 46.3 Å². The largest absolute Gasteiger partial charge is 0.454 e. The monoisotopic (exact) mass is 453 g/mol. The Morgan fingerprint density at radius 2 is 1.94 bits per heavy atom. The second-order valence-electron chi connectivity index (χ2n) is 9.09. The topological polar surface area (TPSA) is 114 Å². The number of nitrogens with one attached hydrogen (secondary N) is 1. The minimum atomic E-state index is -0.732. The summed E-state index contributed by atoms with van der Waals surface area (Å²) >= 11 is 0. The van der Waals surface area contributed by atoms with Crippen molar-refractivity contribution in [1.82, 2.24) is 4.90 Å². The molecule has 9 heteroatoms. The van der Waals surface area contributed by atoms with Crippen molar-refractivity contribution in [3.05, 3.63) is 58.1 Å². The van der Waals surface area contributed by atoms with Gasteiger partial charge in [0.15, 0.2) is 11.5 Å². The molecule has 3 atom stereocenters. The van der Waals surface area contributed by atoms with Crippen LogP contribution in [0.3, 0.4) is 0 Å². The number of aliphatic hydroxyl groups is 1. The Labute approximate surface area is 191 Å². The normalized spacial score (nSPS) is 26.5. The van der Waals surface area contributed by atoms with Crippen molar-refractivity contribution in [2.45, 2.75) is 43.7 Å². The maximum absolute atomic E-state index is 12.9. The van der Waals surface area contributed by atoms with Crippen LogP contribution in [0.1, 0.15) is 43.7 Å². The van der Waals surface area contributed by atoms with E-state index >= 15 is 0 Å². The number of nitro benzene ring substituents is 1. The van der Waals surface area contributed by atoms with Gasteiger partial charge in [-0.25, -0.2) is 0 Å². The summed E-state index contributed by atoms with van der Waals surface area (Å²) in [5.74, 6) is 1.21. The summed E-state index contributed by atoms with van der Waals surface area (Å²) in [7, 11) is 0. The fourth-order valence-corrected chi connectivity index (χ4v) is 5.51. The number of fused-ring (bicyclic) bond motifs is 2. The zero-order valence-electron chi connectivity index (χ0n) is 18.2. The smallest absolute Gasteiger partial charge is 0.269 e. The SMILES string of the molecule is O=C(CN1CC[C@]2(O)CCCC[C@H]2[C@H]1c1ccc2c(c1)OCO2)Nc1ccc([N+](=O)[O-])cc1. The Bertz CT molecular complexity index is 1060. The molecule has 33 heavy (non-hydrogen) atoms. The van der Waals surface area contributed by atoms with E-state index in [1.807, 2.05) is 18.2 Å². The number of hydrogen-bond acceptors (Lipinski definition) is 7. The molecule has 2 aromatic rings. The Balaban J connectivity index is 1.37. The van der Waals surface area contributed by atoms with E-state index in [4.69, 9.17) is 9.47 Å². The number of non-ortho nitro benzene ring substituents is 1. The van der Waals surface area contributed by atoms with Gasteiger partial charge in [-0.2, -0.15) is 0 Å². The molecule has 0 unspecified atom stereocenters. The number of likely N-dealkylation sites (tertiary alicyclic amines) is 1. The van der Waals surface area contributed by atoms with Crippen molar-refractivity contribution in [1.29, 1.82) is 0 Å². The van der Waals surface area contributed by atoms with E-state index in [0.717, 1.165) is 31.2 Å². The number of ether oxygens (including phenoxy) is 2. The molecule has 1 amide bonds. The first-order valence-electron chi connectivity index (χ1n) is 11.3. The first-order chi connectivity index (χ1) is 15.9. The molecule has 0 radical (unpaired) electrons. The van der Waals surface area contributed by atoms with Crippen molar-refractivity contribution in [3.63, 3.8) is 0 Å². The predicted molar refractivity (Wildman–Crippen MR) is 120 cm³/mol. The molecule has 2 heterocycles. The summed E-state index contributed by atoms with van der Waals surface area (Å²) in [6.07, 6.45) is 4.37. The van der Waals surface area contributed by atoms with Crippen LogP contribution in [0.2, 0.25) is 0 Å². The molecule has 5 rings (SSSR count). The number of amides is 1. The van der Waals surface area contributed by atoms with E-state index in [2.05, 4.69) is 10.2 Å². The fourth-order valence-electron chi connectivity index (χ4n) is 5.51. The third-order valence-electron chi connectivity index (χ3n) is 7.12. The average Bonchev–Trinajstić information content (AvgIpc) is 3.27. The minimum Gasteiger partial charge on any atom is -0.454 e. The van der Waals surface area contributed by atoms with Crippen LogP contribution >= 0.6 is 0 Å². The van der Waals surface area contributed by atoms with Crippen LogP contribution in [0.5, 0.6) is 11.5 Å². The van der Waals surface area contributed by atoms with Crippen molar-refractivity contribution in [3.8, 4) is 11.5 Å². The zero-order valence-corrected chi connectivity index (χ0v) is 18.2. The summed E-state index contributed by atoms with van der Waals surface area (Å²) in [5, 5.41) is 25.1. The van der Waals surface area contributed by atoms with Crippen molar-refractivity contribution in [2.75, 3.05) is 25.2 Å². The molecule has 1 saturated carbocycles. The highest BCUT2D eigenvalue weighted by atomic mass is 16.7. The molecule has 0 spiro atoms. The average molecular weight is 453 g/mol. The Kier molecular flexibility index (Phi) is 5.67. The summed E-state index contributed by atoms with van der Waals surface area (Å²) in [6, 6.07) is 11.5. The maximum Gasteiger partial charge on any atom is 0.269 e. The van der Waals surface area contributed by atoms with E-state index < -0.39 is 10.5 Å². The number of carbonyl (C=O) groups excluding carboxylic acids is 1. The van der Waals surface area contributed by atoms with E-state index in [0.29, 0.717) is 30.2 Å². The van der Waals surface area contributed by atoms with E-state index in [-0.39, 0.29) is 36.9 Å². The van der Waals surface area contributed by atoms with Crippen molar-refractivity contribution in [2.24, 2.45) is 5.92 Å². The Hall–Kier alpha value is -3.17. The molecule has 2 aliphatic heterocycles. The van der Waals surface area contributed by atoms with Crippen LogP contribution in [0.15, 0.2) is 42.5 Å². The molecular formula is C24H27N3O6. The molecule has 0 aromatic heterocycles. The van der Waals surface area contributed by atoms with Crippen LogP contribution in [0.4, 0.5) is 11.4 Å². The lowest BCUT2D eigenvalue weighted by Crippen LogP contribution is -2.56. The second kappa shape index (κ2) is 8.64. The number of hydrogen-bond donors (Lipinski definition) is 2. The van der Waals surface area contributed by atoms with E-state index in [1.165, 1.54) is 24.3 Å². The summed E-state index contributed by atoms with van der Waals surface area (Å²) < 4.78 is 11.0. The molecule has 1 saturated heterocycles. The third kappa shape index (κ3) is 4.26. The lowest BCUT2D eigenvalue weighted by molar-refractivity contribution is -0.384. The van der Waals surface area contributed by atoms with Gasteiger partial charge in [-0.15, -0.1) is 0 Å². The molecule has 9 nitrogen and oxygen atoms in total. The first-order valence-corrected chi connectivity index (χ1v) is 11.3. The highest BCUT2D eigenvalue weighted by Gasteiger charge is 2.49. The lowest BCUT2D eigenvalue weighted by atomic mass is 9.66. The number of nitro groups is 1. The van der Waals surface area contributed by atoms with Gasteiger partial charge in [0, 0.05) is 36.3 Å². The molecular weight excluding hydrogens is 426 g/mol. The zero-order chi connectivity index (χ0) is 23.0. The van der Waals surface area contributed by atoms with Gasteiger partial charge in [-0.3, -0.25) is 19.8 Å². The van der Waals surface area contributed by atoms with Gasteiger partial charge in [-0.1, -0.05) is 18.9 Å². The number of piperidine rings is 1. The molecule has 2 fully saturated rings. The molecule has 1 aliphatic carbocycles. The number of anilines is 1. The van der Waals surface area contributed by atoms with Gasteiger partial charge in [0.25, 0.3) is 5.69 Å². The number of rotatable bonds is 5. The van der Waals surface area contributed by atoms with E-state index in [1.54, 1.807) is 0 Å². The van der Waals surface area contributed by atoms with Gasteiger partial charge < -0.3 is 19.9 Å². The predicted octanol–water partition coefficient (Wildman–Crippen LogP) is 3.63. The summed E-state index contributed by atoms with van der Waals surface area (Å²) in [4.78, 5) is 25.4. The van der Waals surface area contributed by atoms with Gasteiger partial charge in [0.2, 0.25) is 12.7 Å². The highest BCUT2D eigenvalue weighted by Crippen LogP contribution is 2.50. The standard InChI is InChI=1S/C24H27N3O6/c28-22(25-17-5-7-18(8-6-17)27(30)31)14-26-12-11-24(29)10-2-1-3-19(24)23(26)16-4-9-20-21(13-16)33-15-32-20/h4-9,13,19,23,29H,1-3,10-12,14-15H2,(H,25,28)/t19-,23+,24+/m0/s1. The van der Waals surface area contributed by atoms with Crippen LogP contribution in [-0.2, 0) is 4.79 Å². The van der Waals surface area contributed by atoms with Crippen molar-refractivity contribution >= 4 is 17.3 Å². The summed E-state index contributed by atoms with van der Waals surface area (Å²) in [6.45, 7) is 0.945. The van der Waals surface area contributed by atoms with Gasteiger partial charge in [0.05, 0.1) is 17.1 Å². The minimum absolute atomic E-state index is 0.0209. The van der Waals surface area contributed by atoms with Crippen LogP contribution in [0.25, 0.3) is 0 Å².